The first-order valence-corrected chi connectivity index (χ1v) is 16.5. The van der Waals surface area contributed by atoms with E-state index in [2.05, 4.69) is 12.2 Å². The van der Waals surface area contributed by atoms with Crippen molar-refractivity contribution in [3.8, 4) is 5.75 Å². The summed E-state index contributed by atoms with van der Waals surface area (Å²) in [6.45, 7) is 4.21. The number of nitrogens with zero attached hydrogens (tertiary/aromatic N) is 1. The fraction of sp³-hybridized carbons (Fsp3) is 0.647. The van der Waals surface area contributed by atoms with E-state index in [0.29, 0.717) is 6.42 Å². The molecule has 5 atom stereocenters. The number of unbranched alkanes of at least 4 members (excludes halogenated alkanes) is 11. The quantitative estimate of drug-likeness (QED) is 0.0946. The van der Waals surface area contributed by atoms with E-state index in [9.17, 15) is 32.1 Å². The molecule has 262 valence electrons. The Bertz CT molecular complexity index is 1320. The maximum Gasteiger partial charge on any atom is 0.417 e. The third-order valence-corrected chi connectivity index (χ3v) is 9.18. The molecular formula is C34H47F5N3O5+. The molecule has 1 unspecified atom stereocenters. The number of primary amides is 1. The summed E-state index contributed by atoms with van der Waals surface area (Å²) in [5, 5.41) is 2.38. The van der Waals surface area contributed by atoms with E-state index >= 15 is 4.39 Å². The molecule has 1 saturated heterocycles. The molecule has 1 fully saturated rings. The second-order valence-electron chi connectivity index (χ2n) is 12.6. The number of carbonyl (C=O) groups is 2. The standard InChI is InChI=1S/C34H46F5N3O5/c1-4-5-6-7-8-9-10-11-12-13-14-15-20-46-29-24(16-17-25(35)28(29)36)27-22(2)33(3,34(37,38)39)47-30(27)32(44)41-23-18-19-42(45)26(21-23)31(40)43/h16-19,21-22,26-27,30H,4-15,20H2,1-3H3,(H2-,40,41,43,44)/p+1/t22-,26?,27+,30+,33-/m1/s1. The molecule has 2 aliphatic heterocycles. The number of amides is 2. The van der Waals surface area contributed by atoms with Crippen LogP contribution >= 0.6 is 0 Å². The lowest BCUT2D eigenvalue weighted by atomic mass is 9.77. The number of nitrogens with two attached hydrogens (primary N) is 1. The van der Waals surface area contributed by atoms with Gasteiger partial charge in [-0.2, -0.15) is 17.6 Å². The summed E-state index contributed by atoms with van der Waals surface area (Å²) in [5.74, 6) is -8.10. The molecule has 2 heterocycles. The highest BCUT2D eigenvalue weighted by Crippen LogP contribution is 2.55. The number of nitrogens with one attached hydrogen (secondary N) is 1. The summed E-state index contributed by atoms with van der Waals surface area (Å²) in [6, 6.07) is 0.432. The van der Waals surface area contributed by atoms with Crippen molar-refractivity contribution in [2.24, 2.45) is 11.7 Å². The highest BCUT2D eigenvalue weighted by atomic mass is 19.4. The lowest BCUT2D eigenvalue weighted by Gasteiger charge is -2.32. The molecule has 0 saturated carbocycles. The summed E-state index contributed by atoms with van der Waals surface area (Å²) < 4.78 is 84.0. The number of alkyl halides is 3. The van der Waals surface area contributed by atoms with Gasteiger partial charge in [-0.15, -0.1) is 0 Å². The van der Waals surface area contributed by atoms with Crippen LogP contribution < -0.4 is 15.8 Å². The first kappa shape index (κ1) is 38.1. The van der Waals surface area contributed by atoms with Gasteiger partial charge in [0.2, 0.25) is 12.0 Å². The zero-order chi connectivity index (χ0) is 34.8. The average molecular weight is 673 g/mol. The molecule has 1 aromatic carbocycles. The van der Waals surface area contributed by atoms with Crippen molar-refractivity contribution in [3.05, 3.63) is 58.3 Å². The first-order valence-electron chi connectivity index (χ1n) is 16.5. The molecule has 13 heteroatoms. The zero-order valence-electron chi connectivity index (χ0n) is 27.3. The molecule has 1 aromatic rings. The van der Waals surface area contributed by atoms with E-state index in [1.54, 1.807) is 0 Å². The Labute approximate surface area is 272 Å². The molecule has 0 aliphatic carbocycles. The molecule has 2 amide bonds. The highest BCUT2D eigenvalue weighted by molar-refractivity contribution is 5.86. The molecular weight excluding hydrogens is 625 g/mol. The van der Waals surface area contributed by atoms with Crippen LogP contribution in [0.15, 0.2) is 36.2 Å². The van der Waals surface area contributed by atoms with Crippen molar-refractivity contribution < 1.29 is 45.8 Å². The lowest BCUT2D eigenvalue weighted by Crippen LogP contribution is -2.47. The number of rotatable bonds is 18. The number of halogens is 5. The monoisotopic (exact) mass is 672 g/mol. The minimum Gasteiger partial charge on any atom is -0.490 e. The van der Waals surface area contributed by atoms with Crippen LogP contribution in [0.1, 0.15) is 109 Å². The van der Waals surface area contributed by atoms with Crippen LogP contribution in [0, 0.1) is 22.5 Å². The third-order valence-electron chi connectivity index (χ3n) is 9.18. The van der Waals surface area contributed by atoms with E-state index in [0.717, 1.165) is 63.1 Å². The minimum atomic E-state index is -4.93. The fourth-order valence-corrected chi connectivity index (χ4v) is 6.15. The van der Waals surface area contributed by atoms with Crippen LogP contribution in [0.4, 0.5) is 22.0 Å². The number of nitroso groups, excluding NO2 is 1. The third kappa shape index (κ3) is 9.61. The molecule has 3 rings (SSSR count). The van der Waals surface area contributed by atoms with Crippen molar-refractivity contribution in [2.75, 3.05) is 6.61 Å². The summed E-state index contributed by atoms with van der Waals surface area (Å²) in [5.41, 5.74) is 2.17. The predicted octanol–water partition coefficient (Wildman–Crippen LogP) is 7.64. The van der Waals surface area contributed by atoms with Gasteiger partial charge in [-0.05, 0) is 19.4 Å². The van der Waals surface area contributed by atoms with E-state index in [4.69, 9.17) is 15.2 Å². The predicted molar refractivity (Wildman–Crippen MR) is 166 cm³/mol. The van der Waals surface area contributed by atoms with Crippen LogP contribution in [0.2, 0.25) is 0 Å². The minimum absolute atomic E-state index is 0.00194. The summed E-state index contributed by atoms with van der Waals surface area (Å²) in [6.07, 6.45) is 9.41. The Morgan fingerprint density at radius 3 is 2.13 bits per heavy atom. The molecule has 3 N–H and O–H groups in total. The number of benzene rings is 1. The van der Waals surface area contributed by atoms with Crippen LogP contribution in [0.3, 0.4) is 0 Å². The van der Waals surface area contributed by atoms with Gasteiger partial charge < -0.3 is 20.5 Å². The number of hydrogen-bond acceptors (Lipinski definition) is 5. The van der Waals surface area contributed by atoms with Gasteiger partial charge in [-0.25, -0.2) is 4.39 Å². The Hall–Kier alpha value is -3.35. The van der Waals surface area contributed by atoms with Gasteiger partial charge >= 0.3 is 12.2 Å². The zero-order valence-corrected chi connectivity index (χ0v) is 27.3. The van der Waals surface area contributed by atoms with Crippen molar-refractivity contribution in [3.63, 3.8) is 0 Å². The number of carbonyl (C=O) groups excluding carboxylic acids is 2. The number of ether oxygens (including phenoxy) is 2. The second kappa shape index (κ2) is 17.2. The second-order valence-corrected chi connectivity index (χ2v) is 12.6. The maximum atomic E-state index is 15.2. The molecule has 47 heavy (non-hydrogen) atoms. The molecule has 0 bridgehead atoms. The van der Waals surface area contributed by atoms with Gasteiger partial charge in [0.05, 0.1) is 12.3 Å². The largest absolute Gasteiger partial charge is 0.490 e. The molecule has 8 nitrogen and oxygen atoms in total. The Morgan fingerprint density at radius 2 is 1.57 bits per heavy atom. The van der Waals surface area contributed by atoms with Gasteiger partial charge in [0.15, 0.2) is 17.2 Å². The molecule has 0 spiro atoms. The van der Waals surface area contributed by atoms with Crippen LogP contribution in [0.5, 0.6) is 5.75 Å². The average Bonchev–Trinajstić information content (AvgIpc) is 3.29. The Morgan fingerprint density at radius 1 is 1.00 bits per heavy atom. The Balaban J connectivity index is 1.72. The van der Waals surface area contributed by atoms with E-state index in [-0.39, 0.29) is 22.6 Å². The SMILES string of the molecule is CCCCCCCCCCCCCCOc1c([C@H]2[C@@H](C(=O)NC3=CC(C(N)=O)[N+](=O)C=C3)O[C@@](C)(C(F)(F)F)[C@@H]2C)ccc(F)c1F. The van der Waals surface area contributed by atoms with Crippen LogP contribution in [-0.2, 0) is 14.3 Å². The van der Waals surface area contributed by atoms with E-state index in [1.807, 2.05) is 0 Å². The normalized spacial score (nSPS) is 24.3. The highest BCUT2D eigenvalue weighted by Gasteiger charge is 2.66. The molecule has 0 radical (unpaired) electrons. The maximum absolute atomic E-state index is 15.2. The summed E-state index contributed by atoms with van der Waals surface area (Å²) in [4.78, 5) is 37.0. The van der Waals surface area contributed by atoms with Crippen molar-refractivity contribution >= 4 is 11.8 Å². The van der Waals surface area contributed by atoms with Crippen LogP contribution in [0.25, 0.3) is 0 Å². The van der Waals surface area contributed by atoms with Crippen molar-refractivity contribution in [1.82, 2.24) is 5.32 Å². The van der Waals surface area contributed by atoms with Gasteiger partial charge in [-0.1, -0.05) is 90.5 Å². The Kier molecular flexibility index (Phi) is 13.9. The van der Waals surface area contributed by atoms with Crippen molar-refractivity contribution in [2.45, 2.75) is 128 Å². The topological polar surface area (TPSA) is 111 Å². The van der Waals surface area contributed by atoms with Crippen LogP contribution in [-0.4, -0.2) is 47.1 Å². The molecule has 2 aliphatic rings. The van der Waals surface area contributed by atoms with Crippen molar-refractivity contribution in [1.29, 1.82) is 0 Å². The van der Waals surface area contributed by atoms with Gasteiger partial charge in [0.1, 0.15) is 6.10 Å². The van der Waals surface area contributed by atoms with E-state index in [1.165, 1.54) is 51.9 Å². The summed E-state index contributed by atoms with van der Waals surface area (Å²) in [7, 11) is 0. The smallest absolute Gasteiger partial charge is 0.417 e. The van der Waals surface area contributed by atoms with Gasteiger partial charge in [0.25, 0.3) is 11.8 Å². The summed E-state index contributed by atoms with van der Waals surface area (Å²) >= 11 is 0. The van der Waals surface area contributed by atoms with Gasteiger partial charge in [0, 0.05) is 39.2 Å². The number of hydrogen-bond donors (Lipinski definition) is 2. The first-order chi connectivity index (χ1) is 22.2. The lowest BCUT2D eigenvalue weighted by molar-refractivity contribution is -0.495. The van der Waals surface area contributed by atoms with Gasteiger partial charge in [-0.3, -0.25) is 9.59 Å². The fourth-order valence-electron chi connectivity index (χ4n) is 6.15. The van der Waals surface area contributed by atoms with E-state index < -0.39 is 65.0 Å². The molecule has 0 aromatic heterocycles. The number of allylic oxidation sites excluding steroid dienone is 1.